The summed E-state index contributed by atoms with van der Waals surface area (Å²) in [5.41, 5.74) is 2.30. The first-order valence-electron chi connectivity index (χ1n) is 8.37. The van der Waals surface area contributed by atoms with Crippen LogP contribution in [-0.4, -0.2) is 55.6 Å². The minimum Gasteiger partial charge on any atom is -0.366 e. The van der Waals surface area contributed by atoms with Crippen LogP contribution < -0.4 is 10.2 Å². The summed E-state index contributed by atoms with van der Waals surface area (Å²) in [5.74, 6) is 0. The van der Waals surface area contributed by atoms with Crippen LogP contribution in [0.15, 0.2) is 18.6 Å². The van der Waals surface area contributed by atoms with Crippen molar-refractivity contribution in [2.24, 2.45) is 0 Å². The standard InChI is InChI=1S/C16H27N5OSi/c1-23(2,3)9-8-22-13-21-16-14(11-19-21)10-18-12-15(16)20-6-4-17-5-7-20/h10-12,17H,4-9,13H2,1-3H3. The third kappa shape index (κ3) is 4.10. The molecule has 0 amide bonds. The number of nitrogens with zero attached hydrogens (tertiary/aromatic N) is 4. The van der Waals surface area contributed by atoms with Gasteiger partial charge in [0.2, 0.25) is 0 Å². The Balaban J connectivity index is 1.75. The second kappa shape index (κ2) is 6.98. The largest absolute Gasteiger partial charge is 0.366 e. The van der Waals surface area contributed by atoms with Crippen LogP contribution in [0.5, 0.6) is 0 Å². The van der Waals surface area contributed by atoms with Crippen LogP contribution in [0.25, 0.3) is 10.9 Å². The number of rotatable bonds is 6. The number of pyridine rings is 1. The van der Waals surface area contributed by atoms with Crippen molar-refractivity contribution in [2.45, 2.75) is 32.4 Å². The smallest absolute Gasteiger partial charge is 0.140 e. The molecule has 1 aliphatic heterocycles. The highest BCUT2D eigenvalue weighted by Crippen LogP contribution is 2.26. The van der Waals surface area contributed by atoms with E-state index >= 15 is 0 Å². The minimum absolute atomic E-state index is 0.511. The van der Waals surface area contributed by atoms with Crippen LogP contribution in [-0.2, 0) is 11.5 Å². The Kier molecular flexibility index (Phi) is 4.98. The number of anilines is 1. The number of piperazine rings is 1. The van der Waals surface area contributed by atoms with Gasteiger partial charge in [-0.1, -0.05) is 19.6 Å². The van der Waals surface area contributed by atoms with E-state index in [1.54, 1.807) is 0 Å². The summed E-state index contributed by atoms with van der Waals surface area (Å²) in [6.07, 6.45) is 5.72. The SMILES string of the molecule is C[Si](C)(C)CCOCn1ncc2cncc(N3CCNCC3)c21. The molecule has 1 aliphatic rings. The molecular weight excluding hydrogens is 306 g/mol. The highest BCUT2D eigenvalue weighted by Gasteiger charge is 2.17. The summed E-state index contributed by atoms with van der Waals surface area (Å²) in [5, 5.41) is 8.98. The van der Waals surface area contributed by atoms with Crippen LogP contribution in [0.4, 0.5) is 5.69 Å². The summed E-state index contributed by atoms with van der Waals surface area (Å²) >= 11 is 0. The van der Waals surface area contributed by atoms with Gasteiger partial charge in [-0.25, -0.2) is 4.68 Å². The number of hydrogen-bond donors (Lipinski definition) is 1. The molecule has 0 aliphatic carbocycles. The van der Waals surface area contributed by atoms with Crippen molar-refractivity contribution in [1.82, 2.24) is 20.1 Å². The molecule has 1 N–H and O–H groups in total. The van der Waals surface area contributed by atoms with Gasteiger partial charge in [-0.2, -0.15) is 5.10 Å². The quantitative estimate of drug-likeness (QED) is 0.648. The molecule has 1 saturated heterocycles. The summed E-state index contributed by atoms with van der Waals surface area (Å²) in [4.78, 5) is 6.76. The van der Waals surface area contributed by atoms with E-state index in [2.05, 4.69) is 39.9 Å². The lowest BCUT2D eigenvalue weighted by atomic mass is 10.2. The third-order valence-corrected chi connectivity index (χ3v) is 5.89. The molecule has 2 aromatic rings. The van der Waals surface area contributed by atoms with Gasteiger partial charge < -0.3 is 15.0 Å². The Bertz CT molecular complexity index is 645. The van der Waals surface area contributed by atoms with Crippen molar-refractivity contribution in [3.63, 3.8) is 0 Å². The third-order valence-electron chi connectivity index (χ3n) is 4.19. The van der Waals surface area contributed by atoms with Gasteiger partial charge in [-0.15, -0.1) is 0 Å². The van der Waals surface area contributed by atoms with Crippen LogP contribution in [0.1, 0.15) is 0 Å². The van der Waals surface area contributed by atoms with E-state index in [-0.39, 0.29) is 0 Å². The lowest BCUT2D eigenvalue weighted by molar-refractivity contribution is 0.0817. The Labute approximate surface area is 138 Å². The van der Waals surface area contributed by atoms with Crippen molar-refractivity contribution in [1.29, 1.82) is 0 Å². The van der Waals surface area contributed by atoms with Crippen LogP contribution >= 0.6 is 0 Å². The normalized spacial score (nSPS) is 16.2. The van der Waals surface area contributed by atoms with E-state index in [9.17, 15) is 0 Å². The molecule has 0 spiro atoms. The molecule has 3 heterocycles. The molecule has 23 heavy (non-hydrogen) atoms. The van der Waals surface area contributed by atoms with E-state index in [4.69, 9.17) is 4.74 Å². The number of fused-ring (bicyclic) bond motifs is 1. The number of hydrogen-bond acceptors (Lipinski definition) is 5. The second-order valence-electron chi connectivity index (χ2n) is 7.33. The minimum atomic E-state index is -1.05. The lowest BCUT2D eigenvalue weighted by Crippen LogP contribution is -2.43. The summed E-state index contributed by atoms with van der Waals surface area (Å²) in [7, 11) is -1.05. The summed E-state index contributed by atoms with van der Waals surface area (Å²) in [6, 6.07) is 1.18. The van der Waals surface area contributed by atoms with E-state index in [0.29, 0.717) is 6.73 Å². The van der Waals surface area contributed by atoms with Crippen molar-refractivity contribution in [2.75, 3.05) is 37.7 Å². The Morgan fingerprint density at radius 3 is 2.70 bits per heavy atom. The summed E-state index contributed by atoms with van der Waals surface area (Å²) < 4.78 is 7.86. The van der Waals surface area contributed by atoms with E-state index in [1.807, 2.05) is 23.3 Å². The van der Waals surface area contributed by atoms with Crippen molar-refractivity contribution >= 4 is 24.7 Å². The highest BCUT2D eigenvalue weighted by molar-refractivity contribution is 6.76. The van der Waals surface area contributed by atoms with Gasteiger partial charge in [-0.05, 0) is 6.04 Å². The fourth-order valence-corrected chi connectivity index (χ4v) is 3.54. The number of aromatic nitrogens is 3. The highest BCUT2D eigenvalue weighted by atomic mass is 28.3. The molecule has 0 radical (unpaired) electrons. The van der Waals surface area contributed by atoms with Crippen LogP contribution in [0.2, 0.25) is 25.7 Å². The molecular formula is C16H27N5OSi. The first-order valence-corrected chi connectivity index (χ1v) is 12.1. The van der Waals surface area contributed by atoms with E-state index in [0.717, 1.165) is 49.4 Å². The molecule has 0 saturated carbocycles. The topological polar surface area (TPSA) is 55.2 Å². The fraction of sp³-hybridized carbons (Fsp3) is 0.625. The van der Waals surface area contributed by atoms with Gasteiger partial charge in [0.15, 0.2) is 0 Å². The zero-order chi connectivity index (χ0) is 16.3. The number of ether oxygens (including phenoxy) is 1. The first kappa shape index (κ1) is 16.4. The van der Waals surface area contributed by atoms with Crippen molar-refractivity contribution in [3.8, 4) is 0 Å². The molecule has 0 bridgehead atoms. The molecule has 7 heteroatoms. The maximum absolute atomic E-state index is 5.89. The molecule has 6 nitrogen and oxygen atoms in total. The van der Waals surface area contributed by atoms with E-state index < -0.39 is 8.07 Å². The molecule has 3 rings (SSSR count). The first-order chi connectivity index (χ1) is 11.0. The van der Waals surface area contributed by atoms with Gasteiger partial charge in [0, 0.05) is 52.4 Å². The second-order valence-corrected chi connectivity index (χ2v) is 12.9. The average Bonchev–Trinajstić information content (AvgIpc) is 2.95. The van der Waals surface area contributed by atoms with Gasteiger partial charge in [0.1, 0.15) is 6.73 Å². The molecule has 0 atom stereocenters. The monoisotopic (exact) mass is 333 g/mol. The Morgan fingerprint density at radius 2 is 1.96 bits per heavy atom. The maximum atomic E-state index is 5.89. The maximum Gasteiger partial charge on any atom is 0.140 e. The fourth-order valence-electron chi connectivity index (χ4n) is 2.79. The van der Waals surface area contributed by atoms with Crippen molar-refractivity contribution in [3.05, 3.63) is 18.6 Å². The zero-order valence-corrected chi connectivity index (χ0v) is 15.4. The molecule has 1 fully saturated rings. The van der Waals surface area contributed by atoms with Crippen molar-refractivity contribution < 1.29 is 4.74 Å². The predicted molar refractivity (Wildman–Crippen MR) is 96.7 cm³/mol. The van der Waals surface area contributed by atoms with Gasteiger partial charge >= 0.3 is 0 Å². The van der Waals surface area contributed by atoms with E-state index in [1.165, 1.54) is 6.04 Å². The predicted octanol–water partition coefficient (Wildman–Crippen LogP) is 2.15. The molecule has 2 aromatic heterocycles. The average molecular weight is 334 g/mol. The molecule has 0 aromatic carbocycles. The van der Waals surface area contributed by atoms with Gasteiger partial charge in [0.25, 0.3) is 0 Å². The molecule has 126 valence electrons. The van der Waals surface area contributed by atoms with Crippen LogP contribution in [0, 0.1) is 0 Å². The lowest BCUT2D eigenvalue weighted by Gasteiger charge is -2.29. The van der Waals surface area contributed by atoms with Crippen LogP contribution in [0.3, 0.4) is 0 Å². The van der Waals surface area contributed by atoms with Gasteiger partial charge in [0.05, 0.1) is 23.6 Å². The summed E-state index contributed by atoms with van der Waals surface area (Å²) in [6.45, 7) is 12.5. The Hall–Kier alpha value is -1.44. The van der Waals surface area contributed by atoms with Gasteiger partial charge in [-0.3, -0.25) is 4.98 Å². The zero-order valence-electron chi connectivity index (χ0n) is 14.4. The molecule has 0 unspecified atom stereocenters. The number of nitrogens with one attached hydrogen (secondary N) is 1. The Morgan fingerprint density at radius 1 is 1.17 bits per heavy atom.